The minimum atomic E-state index is -1.18. The third-order valence-corrected chi connectivity index (χ3v) is 10.1. The maximum atomic E-state index is 14.4. The van der Waals surface area contributed by atoms with Crippen LogP contribution in [-0.4, -0.2) is 102 Å². The molecule has 3 fully saturated rings. The van der Waals surface area contributed by atoms with Crippen molar-refractivity contribution in [3.05, 3.63) is 35.9 Å². The number of piperidine rings is 1. The molecule has 1 aromatic rings. The number of ether oxygens (including phenoxy) is 1. The lowest BCUT2D eigenvalue weighted by Crippen LogP contribution is -2.61. The van der Waals surface area contributed by atoms with Crippen LogP contribution in [0.2, 0.25) is 0 Å². The van der Waals surface area contributed by atoms with Crippen LogP contribution in [0.4, 0.5) is 4.79 Å². The van der Waals surface area contributed by atoms with E-state index in [1.165, 1.54) is 4.90 Å². The first-order chi connectivity index (χ1) is 24.6. The first kappa shape index (κ1) is 40.3. The number of nitrogens with one attached hydrogen (secondary N) is 4. The maximum absolute atomic E-state index is 14.4. The lowest BCUT2D eigenvalue weighted by molar-refractivity contribution is -0.147. The van der Waals surface area contributed by atoms with Gasteiger partial charge in [-0.25, -0.2) is 4.79 Å². The highest BCUT2D eigenvalue weighted by Crippen LogP contribution is 2.43. The molecule has 2 saturated carbocycles. The number of benzene rings is 1. The van der Waals surface area contributed by atoms with Gasteiger partial charge in [0, 0.05) is 20.1 Å². The van der Waals surface area contributed by atoms with Crippen LogP contribution in [0, 0.1) is 11.8 Å². The highest BCUT2D eigenvalue weighted by molar-refractivity contribution is 6.38. The number of alkyl carbamates (subject to hydrolysis) is 1. The van der Waals surface area contributed by atoms with E-state index < -0.39 is 65.9 Å². The zero-order valence-electron chi connectivity index (χ0n) is 31.4. The molecule has 1 heterocycles. The Morgan fingerprint density at radius 1 is 0.904 bits per heavy atom. The van der Waals surface area contributed by atoms with E-state index >= 15 is 0 Å². The second kappa shape index (κ2) is 17.8. The Morgan fingerprint density at radius 3 is 2.19 bits per heavy atom. The Kier molecular flexibility index (Phi) is 13.8. The molecule has 4 N–H and O–H groups in total. The Hall–Kier alpha value is -4.49. The first-order valence-electron chi connectivity index (χ1n) is 18.6. The summed E-state index contributed by atoms with van der Waals surface area (Å²) in [5.41, 5.74) is -0.201. The van der Waals surface area contributed by atoms with Crippen LogP contribution < -0.4 is 21.3 Å². The van der Waals surface area contributed by atoms with E-state index in [0.29, 0.717) is 18.4 Å². The number of fused-ring (bicyclic) bond motifs is 2. The molecular formula is C38H56N6O8. The summed E-state index contributed by atoms with van der Waals surface area (Å²) < 4.78 is 5.51. The molecule has 286 valence electrons. The molecule has 14 nitrogen and oxygen atoms in total. The summed E-state index contributed by atoms with van der Waals surface area (Å²) in [5, 5.41) is 10.6. The largest absolute Gasteiger partial charge is 0.444 e. The number of amides is 6. The van der Waals surface area contributed by atoms with Gasteiger partial charge in [0.1, 0.15) is 23.7 Å². The number of rotatable bonds is 14. The molecule has 0 radical (unpaired) electrons. The van der Waals surface area contributed by atoms with Crippen LogP contribution in [-0.2, 0) is 33.5 Å². The highest BCUT2D eigenvalue weighted by Gasteiger charge is 2.53. The fourth-order valence-electron chi connectivity index (χ4n) is 7.71. The van der Waals surface area contributed by atoms with Crippen molar-refractivity contribution in [2.75, 3.05) is 20.6 Å². The van der Waals surface area contributed by atoms with Crippen molar-refractivity contribution in [1.29, 1.82) is 0 Å². The van der Waals surface area contributed by atoms with Crippen LogP contribution >= 0.6 is 0 Å². The molecule has 0 aromatic heterocycles. The van der Waals surface area contributed by atoms with E-state index in [1.54, 1.807) is 70.1 Å². The molecule has 3 aliphatic rings. The topological polar surface area (TPSA) is 183 Å². The van der Waals surface area contributed by atoms with Gasteiger partial charge < -0.3 is 35.8 Å². The van der Waals surface area contributed by atoms with E-state index in [4.69, 9.17) is 4.74 Å². The van der Waals surface area contributed by atoms with Crippen LogP contribution in [0.1, 0.15) is 104 Å². The summed E-state index contributed by atoms with van der Waals surface area (Å²) in [4.78, 5) is 96.4. The van der Waals surface area contributed by atoms with Crippen molar-refractivity contribution < 1.29 is 38.3 Å². The second-order valence-corrected chi connectivity index (χ2v) is 15.5. The van der Waals surface area contributed by atoms with Gasteiger partial charge in [0.15, 0.2) is 0 Å². The van der Waals surface area contributed by atoms with Gasteiger partial charge in [-0.15, -0.1) is 0 Å². The summed E-state index contributed by atoms with van der Waals surface area (Å²) in [6.07, 6.45) is 6.52. The van der Waals surface area contributed by atoms with Crippen LogP contribution in [0.5, 0.6) is 0 Å². The van der Waals surface area contributed by atoms with Gasteiger partial charge in [0.05, 0.1) is 12.6 Å². The van der Waals surface area contributed by atoms with Gasteiger partial charge in [-0.05, 0) is 76.7 Å². The second-order valence-electron chi connectivity index (χ2n) is 15.5. The minimum absolute atomic E-state index is 0.101. The number of Topliss-reactive ketones (excluding diaryl/α,β-unsaturated/α-hetero) is 1. The number of hydrogen-bond acceptors (Lipinski definition) is 8. The molecule has 1 aliphatic heterocycles. The molecule has 0 spiro atoms. The fourth-order valence-corrected chi connectivity index (χ4v) is 7.71. The van der Waals surface area contributed by atoms with Gasteiger partial charge in [0.25, 0.3) is 5.91 Å². The molecule has 3 unspecified atom stereocenters. The molecule has 2 aliphatic carbocycles. The summed E-state index contributed by atoms with van der Waals surface area (Å²) in [6, 6.07) is 4.59. The lowest BCUT2D eigenvalue weighted by atomic mass is 9.83. The number of hydrogen-bond donors (Lipinski definition) is 4. The molecule has 2 bridgehead atoms. The number of ketones is 1. The number of carbonyl (C=O) groups is 7. The summed E-state index contributed by atoms with van der Waals surface area (Å²) in [5.74, 6) is -4.09. The van der Waals surface area contributed by atoms with Crippen molar-refractivity contribution >= 4 is 41.4 Å². The number of carbonyl (C=O) groups excluding carboxylic acids is 7. The highest BCUT2D eigenvalue weighted by atomic mass is 16.6. The molecule has 4 rings (SSSR count). The average molecular weight is 725 g/mol. The van der Waals surface area contributed by atoms with Crippen molar-refractivity contribution in [1.82, 2.24) is 31.1 Å². The van der Waals surface area contributed by atoms with Crippen LogP contribution in [0.15, 0.2) is 30.3 Å². The standard InChI is InChI=1S/C38H56N6O8/c1-7-14-27(32(46)34(48)39-22-28(45)41-29(35(49)43(5)6)23-15-10-8-11-16-23)40-33(47)31-25-19-20-26(21-25)44(31)36(50)30(24-17-12-9-13-18-24)42-37(51)52-38(2,3)4/h8,10-11,15-16,24-27,29-31H,7,9,12-14,17-22H2,1-6H3,(H,39,48)(H,40,47)(H,41,45)(H,42,51)/t25?,26?,27?,29-,30+,31+/m1/s1. The average Bonchev–Trinajstić information content (AvgIpc) is 3.73. The summed E-state index contributed by atoms with van der Waals surface area (Å²) in [6.45, 7) is 6.51. The monoisotopic (exact) mass is 724 g/mol. The third-order valence-electron chi connectivity index (χ3n) is 10.1. The van der Waals surface area contributed by atoms with Crippen LogP contribution in [0.3, 0.4) is 0 Å². The molecule has 6 amide bonds. The summed E-state index contributed by atoms with van der Waals surface area (Å²) >= 11 is 0. The number of likely N-dealkylation sites (N-methyl/N-ethyl adjacent to an activating group) is 1. The molecule has 6 atom stereocenters. The Bertz CT molecular complexity index is 1470. The predicted octanol–water partition coefficient (Wildman–Crippen LogP) is 2.76. The van der Waals surface area contributed by atoms with Gasteiger partial charge in [-0.3, -0.25) is 28.8 Å². The van der Waals surface area contributed by atoms with E-state index in [1.807, 2.05) is 6.92 Å². The van der Waals surface area contributed by atoms with Crippen molar-refractivity contribution in [3.8, 4) is 0 Å². The van der Waals surface area contributed by atoms with Gasteiger partial charge >= 0.3 is 6.09 Å². The Morgan fingerprint density at radius 2 is 1.58 bits per heavy atom. The summed E-state index contributed by atoms with van der Waals surface area (Å²) in [7, 11) is 3.13. The quantitative estimate of drug-likeness (QED) is 0.211. The predicted molar refractivity (Wildman–Crippen MR) is 192 cm³/mol. The van der Waals surface area contributed by atoms with E-state index in [-0.39, 0.29) is 36.1 Å². The van der Waals surface area contributed by atoms with Gasteiger partial charge in [0.2, 0.25) is 29.4 Å². The first-order valence-corrected chi connectivity index (χ1v) is 18.6. The minimum Gasteiger partial charge on any atom is -0.444 e. The van der Waals surface area contributed by atoms with E-state index in [0.717, 1.165) is 44.9 Å². The molecule has 52 heavy (non-hydrogen) atoms. The van der Waals surface area contributed by atoms with E-state index in [2.05, 4.69) is 21.3 Å². The lowest BCUT2D eigenvalue weighted by Gasteiger charge is -2.40. The Labute approximate surface area is 306 Å². The third kappa shape index (κ3) is 10.3. The SMILES string of the molecule is CCCC(NC(=O)[C@@H]1C2CCC(C2)N1C(=O)[C@@H](NC(=O)OC(C)(C)C)C1CCCCC1)C(=O)C(=O)NCC(=O)N[C@@H](C(=O)N(C)C)c1ccccc1. The zero-order chi connectivity index (χ0) is 38.2. The van der Waals surface area contributed by atoms with Crippen molar-refractivity contribution in [2.24, 2.45) is 11.8 Å². The number of nitrogens with zero attached hydrogens (tertiary/aromatic N) is 2. The Balaban J connectivity index is 1.43. The fraction of sp³-hybridized carbons (Fsp3) is 0.658. The number of likely N-dealkylation sites (tertiary alicyclic amines) is 1. The van der Waals surface area contributed by atoms with Crippen molar-refractivity contribution in [3.63, 3.8) is 0 Å². The van der Waals surface area contributed by atoms with Gasteiger partial charge in [-0.2, -0.15) is 0 Å². The van der Waals surface area contributed by atoms with Crippen molar-refractivity contribution in [2.45, 2.75) is 128 Å². The van der Waals surface area contributed by atoms with Crippen LogP contribution in [0.25, 0.3) is 0 Å². The normalized spacial score (nSPS) is 21.7. The smallest absolute Gasteiger partial charge is 0.408 e. The maximum Gasteiger partial charge on any atom is 0.408 e. The molecular weight excluding hydrogens is 668 g/mol. The molecule has 14 heteroatoms. The van der Waals surface area contributed by atoms with E-state index in [9.17, 15) is 33.6 Å². The van der Waals surface area contributed by atoms with Gasteiger partial charge in [-0.1, -0.05) is 62.9 Å². The molecule has 1 aromatic carbocycles. The molecule has 1 saturated heterocycles. The zero-order valence-corrected chi connectivity index (χ0v) is 31.4.